The third-order valence-corrected chi connectivity index (χ3v) is 7.66. The Morgan fingerprint density at radius 3 is 2.69 bits per heavy atom. The molecule has 5 nitrogen and oxygen atoms in total. The molecule has 0 amide bonds. The van der Waals surface area contributed by atoms with E-state index in [1.807, 2.05) is 25.1 Å². The number of alkyl halides is 1. The van der Waals surface area contributed by atoms with Crippen molar-refractivity contribution in [3.05, 3.63) is 88.8 Å². The Bertz CT molecular complexity index is 1470. The molecule has 0 spiro atoms. The highest BCUT2D eigenvalue weighted by Crippen LogP contribution is 2.41. The van der Waals surface area contributed by atoms with Crippen LogP contribution in [-0.4, -0.2) is 47.4 Å². The Labute approximate surface area is 229 Å². The lowest BCUT2D eigenvalue weighted by Gasteiger charge is -2.18. The summed E-state index contributed by atoms with van der Waals surface area (Å²) in [7, 11) is 0. The number of nitrogens with zero attached hydrogens (tertiary/aromatic N) is 2. The molecule has 1 aliphatic heterocycles. The van der Waals surface area contributed by atoms with Crippen molar-refractivity contribution in [3.63, 3.8) is 0 Å². The van der Waals surface area contributed by atoms with Gasteiger partial charge in [-0.25, -0.2) is 4.98 Å². The van der Waals surface area contributed by atoms with Crippen LogP contribution in [0.4, 0.5) is 4.39 Å². The minimum atomic E-state index is -0.268. The number of rotatable bonds is 7. The number of aromatic nitrogens is 1. The molecule has 0 radical (unpaired) electrons. The third-order valence-electron chi connectivity index (χ3n) is 7.66. The predicted molar refractivity (Wildman–Crippen MR) is 155 cm³/mol. The first-order valence-corrected chi connectivity index (χ1v) is 13.6. The summed E-state index contributed by atoms with van der Waals surface area (Å²) in [6.07, 6.45) is 4.50. The first-order chi connectivity index (χ1) is 18.6. The van der Waals surface area contributed by atoms with E-state index in [4.69, 9.17) is 9.15 Å². The summed E-state index contributed by atoms with van der Waals surface area (Å²) in [6.45, 7) is 4.20. The number of aryl methyl sites for hydroxylation is 2. The maximum absolute atomic E-state index is 12.5. The smallest absolute Gasteiger partial charge is 0.192 e. The average molecular weight is 529 g/mol. The maximum atomic E-state index is 12.5. The van der Waals surface area contributed by atoms with Gasteiger partial charge in [-0.3, -0.25) is 9.29 Å². The molecule has 1 fully saturated rings. The molecular weight excluding hydrogens is 491 g/mol. The molecule has 1 atom stereocenters. The fraction of sp³-hybridized carbons (Fsp3) is 0.364. The van der Waals surface area contributed by atoms with E-state index in [0.717, 1.165) is 84.4 Å². The van der Waals surface area contributed by atoms with E-state index in [1.165, 1.54) is 11.1 Å². The Morgan fingerprint density at radius 2 is 1.87 bits per heavy atom. The molecule has 1 aliphatic carbocycles. The average Bonchev–Trinajstić information content (AvgIpc) is 3.47. The maximum Gasteiger partial charge on any atom is 0.192 e. The number of aromatic hydroxyl groups is 1. The second kappa shape index (κ2) is 11.6. The number of allylic oxidation sites excluding steroid dienone is 1. The van der Waals surface area contributed by atoms with Crippen LogP contribution in [-0.2, 0) is 6.42 Å². The SMILES string of the molecule is C.Cc1nc2cc(C3=C(c4ccc(O[C@H]5CCN(CCCF)C5)cc4)c4ccc(O)cc4CCC3)ccc2o1. The lowest BCUT2D eigenvalue weighted by molar-refractivity contribution is 0.198. The normalized spacial score (nSPS) is 17.6. The Hall–Kier alpha value is -3.64. The summed E-state index contributed by atoms with van der Waals surface area (Å²) >= 11 is 0. The molecule has 2 aliphatic rings. The zero-order valence-electron chi connectivity index (χ0n) is 21.8. The zero-order chi connectivity index (χ0) is 26.1. The summed E-state index contributed by atoms with van der Waals surface area (Å²) in [5.41, 5.74) is 8.68. The van der Waals surface area contributed by atoms with Crippen LogP contribution in [0.1, 0.15) is 61.3 Å². The molecular formula is C33H37FN2O3. The van der Waals surface area contributed by atoms with Gasteiger partial charge in [-0.1, -0.05) is 31.7 Å². The molecule has 39 heavy (non-hydrogen) atoms. The van der Waals surface area contributed by atoms with Crippen molar-refractivity contribution < 1.29 is 18.7 Å². The lowest BCUT2D eigenvalue weighted by atomic mass is 9.87. The predicted octanol–water partition coefficient (Wildman–Crippen LogP) is 7.59. The van der Waals surface area contributed by atoms with Gasteiger partial charge in [-0.15, -0.1) is 0 Å². The number of likely N-dealkylation sites (tertiary alicyclic amines) is 1. The molecule has 4 aromatic rings. The van der Waals surface area contributed by atoms with Crippen molar-refractivity contribution in [1.82, 2.24) is 9.88 Å². The largest absolute Gasteiger partial charge is 0.508 e. The Kier molecular flexibility index (Phi) is 8.03. The highest BCUT2D eigenvalue weighted by Gasteiger charge is 2.24. The standard InChI is InChI=1S/C32H33FN2O3.CH4/c1-21-34-30-19-24(8-13-31(30)37-21)28-5-2-4-23-18-25(36)9-12-29(23)32(28)22-6-10-26(11-7-22)38-27-14-17-35(20-27)16-3-15-33;/h6-13,18-19,27,36H,2-5,14-17,20H2,1H3;1H4/t27-;/m0./s1. The van der Waals surface area contributed by atoms with Crippen molar-refractivity contribution in [2.75, 3.05) is 26.3 Å². The minimum absolute atomic E-state index is 0. The molecule has 0 saturated carbocycles. The van der Waals surface area contributed by atoms with E-state index in [1.54, 1.807) is 6.07 Å². The molecule has 3 aromatic carbocycles. The second-order valence-electron chi connectivity index (χ2n) is 10.4. The van der Waals surface area contributed by atoms with Crippen molar-refractivity contribution in [3.8, 4) is 11.5 Å². The second-order valence-corrected chi connectivity index (χ2v) is 10.4. The summed E-state index contributed by atoms with van der Waals surface area (Å²) in [5, 5.41) is 10.2. The van der Waals surface area contributed by atoms with Gasteiger partial charge >= 0.3 is 0 Å². The monoisotopic (exact) mass is 528 g/mol. The minimum Gasteiger partial charge on any atom is -0.508 e. The summed E-state index contributed by atoms with van der Waals surface area (Å²) in [4.78, 5) is 6.85. The molecule has 0 unspecified atom stereocenters. The number of halogens is 1. The first-order valence-electron chi connectivity index (χ1n) is 13.6. The molecule has 6 heteroatoms. The van der Waals surface area contributed by atoms with Crippen LogP contribution in [0, 0.1) is 6.92 Å². The van der Waals surface area contributed by atoms with E-state index in [2.05, 4.69) is 46.3 Å². The number of phenolic OH excluding ortho intramolecular Hbond substituents is 1. The van der Waals surface area contributed by atoms with E-state index < -0.39 is 0 Å². The Balaban J connectivity index is 0.00000308. The van der Waals surface area contributed by atoms with Crippen LogP contribution >= 0.6 is 0 Å². The van der Waals surface area contributed by atoms with Gasteiger partial charge in [0.15, 0.2) is 11.5 Å². The summed E-state index contributed by atoms with van der Waals surface area (Å²) in [6, 6.07) is 20.4. The lowest BCUT2D eigenvalue weighted by Crippen LogP contribution is -2.26. The van der Waals surface area contributed by atoms with Gasteiger partial charge < -0.3 is 14.3 Å². The highest BCUT2D eigenvalue weighted by molar-refractivity contribution is 6.01. The number of phenols is 1. The molecule has 0 bridgehead atoms. The topological polar surface area (TPSA) is 58.7 Å². The van der Waals surface area contributed by atoms with Crippen molar-refractivity contribution in [1.29, 1.82) is 0 Å². The van der Waals surface area contributed by atoms with Crippen LogP contribution in [0.5, 0.6) is 11.5 Å². The van der Waals surface area contributed by atoms with E-state index in [9.17, 15) is 9.50 Å². The van der Waals surface area contributed by atoms with Crippen LogP contribution < -0.4 is 4.74 Å². The van der Waals surface area contributed by atoms with Crippen LogP contribution in [0.15, 0.2) is 65.1 Å². The van der Waals surface area contributed by atoms with Crippen LogP contribution in [0.25, 0.3) is 22.2 Å². The highest BCUT2D eigenvalue weighted by atomic mass is 19.1. The third kappa shape index (κ3) is 5.71. The van der Waals surface area contributed by atoms with Gasteiger partial charge in [-0.2, -0.15) is 0 Å². The summed E-state index contributed by atoms with van der Waals surface area (Å²) < 4.78 is 24.6. The fourth-order valence-electron chi connectivity index (χ4n) is 5.90. The molecule has 6 rings (SSSR count). The van der Waals surface area contributed by atoms with Crippen molar-refractivity contribution in [2.24, 2.45) is 0 Å². The quantitative estimate of drug-likeness (QED) is 0.268. The first kappa shape index (κ1) is 26.9. The van der Waals surface area contributed by atoms with E-state index in [-0.39, 0.29) is 20.2 Å². The zero-order valence-corrected chi connectivity index (χ0v) is 21.8. The number of ether oxygens (including phenoxy) is 1. The molecule has 2 heterocycles. The van der Waals surface area contributed by atoms with E-state index >= 15 is 0 Å². The van der Waals surface area contributed by atoms with Gasteiger partial charge in [0.1, 0.15) is 23.1 Å². The van der Waals surface area contributed by atoms with Gasteiger partial charge in [0, 0.05) is 26.6 Å². The van der Waals surface area contributed by atoms with Crippen LogP contribution in [0.2, 0.25) is 0 Å². The molecule has 204 valence electrons. The van der Waals surface area contributed by atoms with Gasteiger partial charge in [0.05, 0.1) is 6.67 Å². The molecule has 1 saturated heterocycles. The number of oxazole rings is 1. The van der Waals surface area contributed by atoms with Crippen LogP contribution in [0.3, 0.4) is 0 Å². The van der Waals surface area contributed by atoms with Crippen molar-refractivity contribution in [2.45, 2.75) is 52.6 Å². The summed E-state index contributed by atoms with van der Waals surface area (Å²) in [5.74, 6) is 1.82. The molecule has 1 aromatic heterocycles. The number of hydrogen-bond acceptors (Lipinski definition) is 5. The number of hydrogen-bond donors (Lipinski definition) is 1. The van der Waals surface area contributed by atoms with Gasteiger partial charge in [0.25, 0.3) is 0 Å². The number of benzene rings is 3. The number of fused-ring (bicyclic) bond motifs is 2. The van der Waals surface area contributed by atoms with Crippen molar-refractivity contribution >= 4 is 22.2 Å². The Morgan fingerprint density at radius 1 is 1.05 bits per heavy atom. The molecule has 1 N–H and O–H groups in total. The van der Waals surface area contributed by atoms with Gasteiger partial charge in [0.2, 0.25) is 0 Å². The van der Waals surface area contributed by atoms with Gasteiger partial charge in [-0.05, 0) is 102 Å². The fourth-order valence-corrected chi connectivity index (χ4v) is 5.90. The van der Waals surface area contributed by atoms with E-state index in [0.29, 0.717) is 18.1 Å².